The summed E-state index contributed by atoms with van der Waals surface area (Å²) in [6, 6.07) is 0. The van der Waals surface area contributed by atoms with E-state index in [2.05, 4.69) is 0 Å². The van der Waals surface area contributed by atoms with Crippen LogP contribution in [0.1, 0.15) is 25.7 Å². The summed E-state index contributed by atoms with van der Waals surface area (Å²) in [6.07, 6.45) is 4.53. The second-order valence-corrected chi connectivity index (χ2v) is 5.34. The van der Waals surface area contributed by atoms with E-state index < -0.39 is 0 Å². The first-order chi connectivity index (χ1) is 6.38. The van der Waals surface area contributed by atoms with Crippen LogP contribution in [0, 0.1) is 5.92 Å². The fraction of sp³-hybridized carbons (Fsp3) is 1.00. The normalized spacial score (nSPS) is 33.5. The van der Waals surface area contributed by atoms with Crippen LogP contribution in [0.3, 0.4) is 0 Å². The maximum atomic E-state index is 10.1. The average molecular weight is 202 g/mol. The van der Waals surface area contributed by atoms with Crippen LogP contribution in [-0.2, 0) is 4.74 Å². The fourth-order valence-corrected chi connectivity index (χ4v) is 3.62. The summed E-state index contributed by atoms with van der Waals surface area (Å²) >= 11 is 1.95. The minimum Gasteiger partial charge on any atom is -0.392 e. The van der Waals surface area contributed by atoms with Gasteiger partial charge in [0.05, 0.1) is 6.10 Å². The monoisotopic (exact) mass is 202 g/mol. The molecule has 0 saturated carbocycles. The van der Waals surface area contributed by atoms with Gasteiger partial charge in [0, 0.05) is 18.5 Å². The molecular weight excluding hydrogens is 184 g/mol. The predicted molar refractivity (Wildman–Crippen MR) is 55.0 cm³/mol. The van der Waals surface area contributed by atoms with Gasteiger partial charge in [-0.05, 0) is 37.4 Å². The quantitative estimate of drug-likeness (QED) is 0.738. The standard InChI is InChI=1S/C10H18O2S/c11-10(9-2-1-7-13-9)8-3-5-12-6-4-8/h8-11H,1-7H2. The van der Waals surface area contributed by atoms with Crippen LogP contribution in [0.4, 0.5) is 0 Å². The molecule has 1 N–H and O–H groups in total. The van der Waals surface area contributed by atoms with Gasteiger partial charge >= 0.3 is 0 Å². The lowest BCUT2D eigenvalue weighted by atomic mass is 9.91. The van der Waals surface area contributed by atoms with Crippen molar-refractivity contribution >= 4 is 11.8 Å². The number of thioether (sulfide) groups is 1. The van der Waals surface area contributed by atoms with E-state index in [0.717, 1.165) is 26.1 Å². The van der Waals surface area contributed by atoms with E-state index in [1.54, 1.807) is 0 Å². The summed E-state index contributed by atoms with van der Waals surface area (Å²) in [5.74, 6) is 1.75. The number of hydrogen-bond donors (Lipinski definition) is 1. The van der Waals surface area contributed by atoms with E-state index in [0.29, 0.717) is 11.2 Å². The van der Waals surface area contributed by atoms with Crippen LogP contribution in [-0.4, -0.2) is 35.4 Å². The minimum atomic E-state index is -0.0728. The highest BCUT2D eigenvalue weighted by atomic mass is 32.2. The Labute approximate surface area is 84.0 Å². The highest BCUT2D eigenvalue weighted by molar-refractivity contribution is 8.00. The Balaban J connectivity index is 1.83. The molecule has 0 amide bonds. The van der Waals surface area contributed by atoms with Crippen molar-refractivity contribution in [2.45, 2.75) is 37.0 Å². The maximum absolute atomic E-state index is 10.1. The van der Waals surface area contributed by atoms with Gasteiger partial charge in [-0.15, -0.1) is 0 Å². The van der Waals surface area contributed by atoms with Crippen LogP contribution < -0.4 is 0 Å². The molecule has 2 unspecified atom stereocenters. The molecule has 0 aromatic rings. The minimum absolute atomic E-state index is 0.0728. The summed E-state index contributed by atoms with van der Waals surface area (Å²) in [5, 5.41) is 10.6. The maximum Gasteiger partial charge on any atom is 0.0688 e. The molecule has 2 fully saturated rings. The summed E-state index contributed by atoms with van der Waals surface area (Å²) < 4.78 is 5.29. The molecule has 2 aliphatic heterocycles. The highest BCUT2D eigenvalue weighted by Crippen LogP contribution is 2.34. The Morgan fingerprint density at radius 3 is 2.62 bits per heavy atom. The van der Waals surface area contributed by atoms with Crippen molar-refractivity contribution in [1.29, 1.82) is 0 Å². The van der Waals surface area contributed by atoms with Crippen molar-refractivity contribution in [2.75, 3.05) is 19.0 Å². The molecule has 0 aromatic carbocycles. The van der Waals surface area contributed by atoms with Gasteiger partial charge < -0.3 is 9.84 Å². The lowest BCUT2D eigenvalue weighted by Gasteiger charge is -2.29. The smallest absolute Gasteiger partial charge is 0.0688 e. The third-order valence-electron chi connectivity index (χ3n) is 3.09. The van der Waals surface area contributed by atoms with E-state index in [-0.39, 0.29) is 6.10 Å². The van der Waals surface area contributed by atoms with E-state index in [1.807, 2.05) is 11.8 Å². The molecule has 2 heterocycles. The van der Waals surface area contributed by atoms with Gasteiger partial charge in [-0.25, -0.2) is 0 Å². The lowest BCUT2D eigenvalue weighted by Crippen LogP contribution is -2.33. The van der Waals surface area contributed by atoms with Crippen LogP contribution in [0.25, 0.3) is 0 Å². The second kappa shape index (κ2) is 4.67. The van der Waals surface area contributed by atoms with Crippen molar-refractivity contribution < 1.29 is 9.84 Å². The molecule has 0 radical (unpaired) electrons. The third kappa shape index (κ3) is 2.39. The number of ether oxygens (including phenoxy) is 1. The van der Waals surface area contributed by atoms with Crippen molar-refractivity contribution in [3.8, 4) is 0 Å². The van der Waals surface area contributed by atoms with Crippen molar-refractivity contribution in [3.63, 3.8) is 0 Å². The Morgan fingerprint density at radius 1 is 1.23 bits per heavy atom. The lowest BCUT2D eigenvalue weighted by molar-refractivity contribution is 0.00734. The fourth-order valence-electron chi connectivity index (χ4n) is 2.23. The molecule has 0 aromatic heterocycles. The first kappa shape index (κ1) is 9.81. The molecule has 0 spiro atoms. The highest BCUT2D eigenvalue weighted by Gasteiger charge is 2.31. The van der Waals surface area contributed by atoms with Crippen LogP contribution in [0.2, 0.25) is 0 Å². The molecule has 76 valence electrons. The Bertz CT molecular complexity index is 151. The summed E-state index contributed by atoms with van der Waals surface area (Å²) in [4.78, 5) is 0. The zero-order valence-corrected chi connectivity index (χ0v) is 8.76. The topological polar surface area (TPSA) is 29.5 Å². The summed E-state index contributed by atoms with van der Waals surface area (Å²) in [7, 11) is 0. The zero-order chi connectivity index (χ0) is 9.10. The van der Waals surface area contributed by atoms with Crippen LogP contribution >= 0.6 is 11.8 Å². The number of aliphatic hydroxyl groups excluding tert-OH is 1. The van der Waals surface area contributed by atoms with Gasteiger partial charge in [-0.1, -0.05) is 0 Å². The first-order valence-corrected chi connectivity index (χ1v) is 6.30. The molecule has 0 bridgehead atoms. The van der Waals surface area contributed by atoms with Gasteiger partial charge in [0.1, 0.15) is 0 Å². The number of rotatable bonds is 2. The molecule has 3 heteroatoms. The molecule has 2 aliphatic rings. The van der Waals surface area contributed by atoms with Crippen molar-refractivity contribution in [2.24, 2.45) is 5.92 Å². The van der Waals surface area contributed by atoms with Crippen LogP contribution in [0.15, 0.2) is 0 Å². The van der Waals surface area contributed by atoms with Crippen molar-refractivity contribution in [1.82, 2.24) is 0 Å². The molecular formula is C10H18O2S. The molecule has 2 nitrogen and oxygen atoms in total. The number of aliphatic hydroxyl groups is 1. The summed E-state index contributed by atoms with van der Waals surface area (Å²) in [5.41, 5.74) is 0. The largest absolute Gasteiger partial charge is 0.392 e. The SMILES string of the molecule is OC(C1CCOCC1)C1CCCS1. The van der Waals surface area contributed by atoms with E-state index in [1.165, 1.54) is 18.6 Å². The third-order valence-corrected chi connectivity index (χ3v) is 4.56. The van der Waals surface area contributed by atoms with E-state index >= 15 is 0 Å². The molecule has 13 heavy (non-hydrogen) atoms. The Hall–Kier alpha value is 0.270. The van der Waals surface area contributed by atoms with Crippen molar-refractivity contribution in [3.05, 3.63) is 0 Å². The first-order valence-electron chi connectivity index (χ1n) is 5.25. The van der Waals surface area contributed by atoms with Crippen LogP contribution in [0.5, 0.6) is 0 Å². The van der Waals surface area contributed by atoms with E-state index in [4.69, 9.17) is 4.74 Å². The van der Waals surface area contributed by atoms with Gasteiger partial charge in [0.25, 0.3) is 0 Å². The molecule has 2 saturated heterocycles. The van der Waals surface area contributed by atoms with Gasteiger partial charge in [0.2, 0.25) is 0 Å². The zero-order valence-electron chi connectivity index (χ0n) is 7.95. The average Bonchev–Trinajstić information content (AvgIpc) is 2.71. The van der Waals surface area contributed by atoms with Gasteiger partial charge in [-0.2, -0.15) is 11.8 Å². The summed E-state index contributed by atoms with van der Waals surface area (Å²) in [6.45, 7) is 1.69. The predicted octanol–water partition coefficient (Wildman–Crippen LogP) is 1.67. The molecule has 2 atom stereocenters. The molecule has 2 rings (SSSR count). The second-order valence-electron chi connectivity index (χ2n) is 3.99. The molecule has 0 aliphatic carbocycles. The van der Waals surface area contributed by atoms with E-state index in [9.17, 15) is 5.11 Å². The van der Waals surface area contributed by atoms with Gasteiger partial charge in [-0.3, -0.25) is 0 Å². The Kier molecular flexibility index (Phi) is 3.52. The Morgan fingerprint density at radius 2 is 2.00 bits per heavy atom. The number of hydrogen-bond acceptors (Lipinski definition) is 3. The van der Waals surface area contributed by atoms with Gasteiger partial charge in [0.15, 0.2) is 0 Å².